The van der Waals surface area contributed by atoms with E-state index in [9.17, 15) is 9.18 Å². The molecule has 134 valence electrons. The van der Waals surface area contributed by atoms with Crippen molar-refractivity contribution in [3.63, 3.8) is 0 Å². The van der Waals surface area contributed by atoms with E-state index in [2.05, 4.69) is 15.1 Å². The van der Waals surface area contributed by atoms with Crippen molar-refractivity contribution >= 4 is 6.29 Å². The lowest BCUT2D eigenvalue weighted by Crippen LogP contribution is -1.87. The third-order valence-corrected chi connectivity index (χ3v) is 4.35. The molecule has 0 aliphatic carbocycles. The molecule has 0 saturated carbocycles. The van der Waals surface area contributed by atoms with Gasteiger partial charge in [-0.25, -0.2) is 9.37 Å². The first kappa shape index (κ1) is 16.9. The molecule has 0 saturated heterocycles. The molecule has 27 heavy (non-hydrogen) atoms. The third-order valence-electron chi connectivity index (χ3n) is 4.35. The van der Waals surface area contributed by atoms with Gasteiger partial charge in [0.15, 0.2) is 0 Å². The number of aryl methyl sites for hydroxylation is 1. The maximum atomic E-state index is 13.6. The minimum atomic E-state index is -0.334. The molecule has 5 nitrogen and oxygen atoms in total. The molecule has 2 aromatic carbocycles. The Morgan fingerprint density at radius 2 is 1.96 bits per heavy atom. The van der Waals surface area contributed by atoms with Gasteiger partial charge < -0.3 is 14.3 Å². The lowest BCUT2D eigenvalue weighted by Gasteiger charge is -2.02. The molecule has 0 radical (unpaired) electrons. The lowest BCUT2D eigenvalue weighted by atomic mass is 10.0. The number of nitrogens with zero attached hydrogens (tertiary/aromatic N) is 2. The maximum absolute atomic E-state index is 13.6. The third kappa shape index (κ3) is 3.29. The summed E-state index contributed by atoms with van der Waals surface area (Å²) in [6.45, 7) is 1.81. The van der Waals surface area contributed by atoms with E-state index in [-0.39, 0.29) is 5.82 Å². The zero-order chi connectivity index (χ0) is 18.8. The van der Waals surface area contributed by atoms with Gasteiger partial charge in [-0.15, -0.1) is 0 Å². The molecular formula is C21H16FN3O2. The van der Waals surface area contributed by atoms with Gasteiger partial charge in [0.05, 0.1) is 17.5 Å². The average molecular weight is 361 g/mol. The first-order chi connectivity index (χ1) is 13.2. The highest BCUT2D eigenvalue weighted by Crippen LogP contribution is 2.34. The van der Waals surface area contributed by atoms with E-state index >= 15 is 0 Å². The SMILES string of the molecule is Cc1onc(-c2cccc(F)c2)c1-c1cnc(-c2ccc(CC=O)cc2)[nH]1. The van der Waals surface area contributed by atoms with Gasteiger partial charge in [0, 0.05) is 17.5 Å². The minimum Gasteiger partial charge on any atom is -0.360 e. The van der Waals surface area contributed by atoms with Gasteiger partial charge in [-0.05, 0) is 24.6 Å². The Morgan fingerprint density at radius 3 is 2.70 bits per heavy atom. The first-order valence-electron chi connectivity index (χ1n) is 8.46. The number of hydrogen-bond acceptors (Lipinski definition) is 4. The van der Waals surface area contributed by atoms with Gasteiger partial charge >= 0.3 is 0 Å². The number of rotatable bonds is 5. The molecule has 6 heteroatoms. The zero-order valence-electron chi connectivity index (χ0n) is 14.6. The van der Waals surface area contributed by atoms with Crippen LogP contribution in [0.4, 0.5) is 4.39 Å². The number of aromatic nitrogens is 3. The first-order valence-corrected chi connectivity index (χ1v) is 8.46. The molecule has 0 aliphatic heterocycles. The Bertz CT molecular complexity index is 1100. The highest BCUT2D eigenvalue weighted by Gasteiger charge is 2.19. The molecule has 4 rings (SSSR count). The standard InChI is InChI=1S/C21H16FN3O2/c1-13-19(20(25-27-13)16-3-2-4-17(22)11-16)18-12-23-21(24-18)15-7-5-14(6-8-15)9-10-26/h2-8,10-12H,9H2,1H3,(H,23,24). The summed E-state index contributed by atoms with van der Waals surface area (Å²) in [4.78, 5) is 18.3. The van der Waals surface area contributed by atoms with Crippen molar-refractivity contribution in [2.75, 3.05) is 0 Å². The second-order valence-corrected chi connectivity index (χ2v) is 6.19. The van der Waals surface area contributed by atoms with Crippen molar-refractivity contribution in [2.45, 2.75) is 13.3 Å². The van der Waals surface area contributed by atoms with E-state index in [0.29, 0.717) is 29.3 Å². The number of aromatic amines is 1. The fraction of sp³-hybridized carbons (Fsp3) is 0.0952. The van der Waals surface area contributed by atoms with Crippen molar-refractivity contribution in [3.05, 3.63) is 71.9 Å². The topological polar surface area (TPSA) is 71.8 Å². The Hall–Kier alpha value is -3.54. The maximum Gasteiger partial charge on any atom is 0.143 e. The van der Waals surface area contributed by atoms with Crippen LogP contribution in [0.5, 0.6) is 0 Å². The summed E-state index contributed by atoms with van der Waals surface area (Å²) < 4.78 is 19.0. The molecule has 2 heterocycles. The van der Waals surface area contributed by atoms with E-state index < -0.39 is 0 Å². The van der Waals surface area contributed by atoms with Crippen LogP contribution in [0.1, 0.15) is 11.3 Å². The van der Waals surface area contributed by atoms with Gasteiger partial charge in [-0.1, -0.05) is 41.6 Å². The summed E-state index contributed by atoms with van der Waals surface area (Å²) in [6, 6.07) is 13.8. The summed E-state index contributed by atoms with van der Waals surface area (Å²) in [5.41, 5.74) is 4.53. The normalized spacial score (nSPS) is 10.9. The molecule has 2 aromatic heterocycles. The summed E-state index contributed by atoms with van der Waals surface area (Å²) in [7, 11) is 0. The number of carbonyl (C=O) groups excluding carboxylic acids is 1. The molecule has 0 fully saturated rings. The zero-order valence-corrected chi connectivity index (χ0v) is 14.6. The van der Waals surface area contributed by atoms with Crippen LogP contribution in [0.3, 0.4) is 0 Å². The summed E-state index contributed by atoms with van der Waals surface area (Å²) >= 11 is 0. The van der Waals surface area contributed by atoms with Crippen LogP contribution in [0.15, 0.2) is 59.3 Å². The number of benzene rings is 2. The van der Waals surface area contributed by atoms with Crippen LogP contribution in [0, 0.1) is 12.7 Å². The van der Waals surface area contributed by atoms with Crippen molar-refractivity contribution in [3.8, 4) is 33.9 Å². The molecular weight excluding hydrogens is 345 g/mol. The van der Waals surface area contributed by atoms with E-state index in [4.69, 9.17) is 4.52 Å². The Labute approximate surface area is 154 Å². The number of H-pyrrole nitrogens is 1. The van der Waals surface area contributed by atoms with Crippen molar-refractivity contribution in [1.82, 2.24) is 15.1 Å². The van der Waals surface area contributed by atoms with E-state index in [1.165, 1.54) is 12.1 Å². The highest BCUT2D eigenvalue weighted by atomic mass is 19.1. The van der Waals surface area contributed by atoms with Crippen LogP contribution < -0.4 is 0 Å². The van der Waals surface area contributed by atoms with Crippen LogP contribution >= 0.6 is 0 Å². The Morgan fingerprint density at radius 1 is 1.15 bits per heavy atom. The number of hydrogen-bond donors (Lipinski definition) is 1. The molecule has 0 bridgehead atoms. The minimum absolute atomic E-state index is 0.334. The molecule has 1 N–H and O–H groups in total. The van der Waals surface area contributed by atoms with Crippen LogP contribution in [0.2, 0.25) is 0 Å². The van der Waals surface area contributed by atoms with Crippen molar-refractivity contribution in [1.29, 1.82) is 0 Å². The van der Waals surface area contributed by atoms with Crippen LogP contribution in [-0.2, 0) is 11.2 Å². The van der Waals surface area contributed by atoms with Gasteiger partial charge in [-0.2, -0.15) is 0 Å². The summed E-state index contributed by atoms with van der Waals surface area (Å²) in [5, 5.41) is 4.10. The predicted octanol–water partition coefficient (Wildman–Crippen LogP) is 4.59. The van der Waals surface area contributed by atoms with E-state index in [0.717, 1.165) is 28.7 Å². The fourth-order valence-electron chi connectivity index (χ4n) is 3.01. The second kappa shape index (κ2) is 6.99. The molecule has 0 amide bonds. The summed E-state index contributed by atoms with van der Waals surface area (Å²) in [6.07, 6.45) is 2.97. The van der Waals surface area contributed by atoms with E-state index in [1.54, 1.807) is 25.3 Å². The summed E-state index contributed by atoms with van der Waals surface area (Å²) in [5.74, 6) is 0.971. The van der Waals surface area contributed by atoms with Crippen LogP contribution in [0.25, 0.3) is 33.9 Å². The van der Waals surface area contributed by atoms with Gasteiger partial charge in [0.1, 0.15) is 29.4 Å². The smallest absolute Gasteiger partial charge is 0.143 e. The van der Waals surface area contributed by atoms with Gasteiger partial charge in [0.2, 0.25) is 0 Å². The molecule has 0 spiro atoms. The van der Waals surface area contributed by atoms with Crippen molar-refractivity contribution < 1.29 is 13.7 Å². The number of aldehydes is 1. The van der Waals surface area contributed by atoms with Crippen molar-refractivity contribution in [2.24, 2.45) is 0 Å². The quantitative estimate of drug-likeness (QED) is 0.528. The molecule has 4 aromatic rings. The monoisotopic (exact) mass is 361 g/mol. The van der Waals surface area contributed by atoms with Crippen LogP contribution in [-0.4, -0.2) is 21.4 Å². The number of nitrogens with one attached hydrogen (secondary N) is 1. The molecule has 0 unspecified atom stereocenters. The largest absolute Gasteiger partial charge is 0.360 e. The Balaban J connectivity index is 1.72. The number of carbonyl (C=O) groups is 1. The number of imidazole rings is 1. The molecule has 0 aliphatic rings. The molecule has 0 atom stereocenters. The highest BCUT2D eigenvalue weighted by molar-refractivity contribution is 5.80. The Kier molecular flexibility index (Phi) is 4.38. The van der Waals surface area contributed by atoms with Gasteiger partial charge in [0.25, 0.3) is 0 Å². The fourth-order valence-corrected chi connectivity index (χ4v) is 3.01. The average Bonchev–Trinajstić information content (AvgIpc) is 3.29. The van der Waals surface area contributed by atoms with Gasteiger partial charge in [-0.3, -0.25) is 0 Å². The second-order valence-electron chi connectivity index (χ2n) is 6.19. The predicted molar refractivity (Wildman–Crippen MR) is 99.4 cm³/mol. The van der Waals surface area contributed by atoms with E-state index in [1.807, 2.05) is 24.3 Å². The number of halogens is 1. The lowest BCUT2D eigenvalue weighted by molar-refractivity contribution is -0.107.